The quantitative estimate of drug-likeness (QED) is 0.720. The average molecular weight is 408 g/mol. The van der Waals surface area contributed by atoms with Crippen LogP contribution in [-0.2, 0) is 9.53 Å². The molecule has 0 N–H and O–H groups in total. The van der Waals surface area contributed by atoms with Crippen molar-refractivity contribution >= 4 is 17.7 Å². The third kappa shape index (κ3) is 3.67. The summed E-state index contributed by atoms with van der Waals surface area (Å²) in [5.41, 5.74) is -1.26. The normalized spacial score (nSPS) is 22.6. The van der Waals surface area contributed by atoms with Crippen LogP contribution in [0.2, 0.25) is 0 Å². The van der Waals surface area contributed by atoms with Gasteiger partial charge >= 0.3 is 6.09 Å². The minimum atomic E-state index is -0.858. The smallest absolute Gasteiger partial charge is 0.421 e. The second-order valence-corrected chi connectivity index (χ2v) is 9.47. The first kappa shape index (κ1) is 20.4. The Bertz CT molecular complexity index is 902. The Labute approximate surface area is 177 Å². The fourth-order valence-corrected chi connectivity index (χ4v) is 5.18. The number of imide groups is 1. The Morgan fingerprint density at radius 2 is 1.37 bits per heavy atom. The van der Waals surface area contributed by atoms with Crippen LogP contribution in [0.5, 0.6) is 5.75 Å². The minimum absolute atomic E-state index is 0.152. The molecule has 2 saturated heterocycles. The summed E-state index contributed by atoms with van der Waals surface area (Å²) in [7, 11) is 0. The van der Waals surface area contributed by atoms with Gasteiger partial charge in [-0.2, -0.15) is 0 Å². The van der Waals surface area contributed by atoms with E-state index in [4.69, 9.17) is 9.57 Å². The first-order valence-corrected chi connectivity index (χ1v) is 10.3. The van der Waals surface area contributed by atoms with Gasteiger partial charge in [0.2, 0.25) is 5.91 Å². The van der Waals surface area contributed by atoms with E-state index in [0.717, 1.165) is 10.6 Å². The summed E-state index contributed by atoms with van der Waals surface area (Å²) in [6, 6.07) is 18.6. The largest absolute Gasteiger partial charge is 0.442 e. The maximum atomic E-state index is 13.1. The first-order chi connectivity index (χ1) is 14.1. The minimum Gasteiger partial charge on any atom is -0.442 e. The van der Waals surface area contributed by atoms with Gasteiger partial charge in [0, 0.05) is 12.8 Å². The number of rotatable bonds is 3. The molecule has 2 aromatic carbocycles. The fraction of sp³-hybridized carbons (Fsp3) is 0.417. The van der Waals surface area contributed by atoms with Crippen molar-refractivity contribution in [2.45, 2.75) is 63.6 Å². The molecule has 0 bridgehead atoms. The molecule has 0 unspecified atom stereocenters. The predicted octanol–water partition coefficient (Wildman–Crippen LogP) is 4.95. The Morgan fingerprint density at radius 1 is 0.833 bits per heavy atom. The molecule has 2 heterocycles. The molecular formula is C24H28N2O4. The molecule has 0 saturated carbocycles. The number of amides is 2. The van der Waals surface area contributed by atoms with Crippen LogP contribution >= 0.6 is 0 Å². The highest BCUT2D eigenvalue weighted by atomic mass is 16.7. The summed E-state index contributed by atoms with van der Waals surface area (Å²) >= 11 is 0. The second-order valence-electron chi connectivity index (χ2n) is 9.47. The van der Waals surface area contributed by atoms with Gasteiger partial charge in [-0.1, -0.05) is 36.4 Å². The molecule has 2 aromatic rings. The predicted molar refractivity (Wildman–Crippen MR) is 114 cm³/mol. The van der Waals surface area contributed by atoms with E-state index in [-0.39, 0.29) is 12.3 Å². The van der Waals surface area contributed by atoms with E-state index >= 15 is 0 Å². The summed E-state index contributed by atoms with van der Waals surface area (Å²) in [5, 5.41) is 1.97. The number of carbonyl (C=O) groups excluding carboxylic acids is 2. The van der Waals surface area contributed by atoms with E-state index in [1.807, 2.05) is 41.5 Å². The topological polar surface area (TPSA) is 59.1 Å². The van der Waals surface area contributed by atoms with E-state index in [1.165, 1.54) is 0 Å². The molecule has 0 aliphatic carbocycles. The Morgan fingerprint density at radius 3 is 1.90 bits per heavy atom. The molecule has 158 valence electrons. The van der Waals surface area contributed by atoms with Crippen LogP contribution in [0.1, 0.15) is 47.0 Å². The summed E-state index contributed by atoms with van der Waals surface area (Å²) in [5.74, 6) is 0.517. The zero-order chi connectivity index (χ0) is 21.6. The number of piperidine rings is 1. The summed E-state index contributed by atoms with van der Waals surface area (Å²) in [6.07, 6.45) is 0.536. The van der Waals surface area contributed by atoms with Crippen molar-refractivity contribution in [2.75, 3.05) is 4.90 Å². The lowest BCUT2D eigenvalue weighted by Crippen LogP contribution is -2.69. The van der Waals surface area contributed by atoms with Crippen LogP contribution in [0.4, 0.5) is 10.5 Å². The Balaban J connectivity index is 1.60. The molecule has 0 aromatic heterocycles. The molecule has 30 heavy (non-hydrogen) atoms. The third-order valence-electron chi connectivity index (χ3n) is 5.77. The summed E-state index contributed by atoms with van der Waals surface area (Å²) in [6.45, 7) is 8.22. The highest BCUT2D eigenvalue weighted by molar-refractivity contribution is 6.14. The molecule has 2 fully saturated rings. The summed E-state index contributed by atoms with van der Waals surface area (Å²) < 4.78 is 6.01. The van der Waals surface area contributed by atoms with Gasteiger partial charge < -0.3 is 9.57 Å². The Hall–Kier alpha value is -2.86. The van der Waals surface area contributed by atoms with Gasteiger partial charge in [0.15, 0.2) is 0 Å². The maximum Gasteiger partial charge on any atom is 0.421 e. The SMILES string of the molecule is CC1(C)CC2(CC(=O)N(c3ccccc3)C(=O)O2)CC(C)(C)N1Oc1ccccc1. The zero-order valence-corrected chi connectivity index (χ0v) is 17.9. The summed E-state index contributed by atoms with van der Waals surface area (Å²) in [4.78, 5) is 33.4. The van der Waals surface area contributed by atoms with Crippen molar-refractivity contribution in [3.05, 3.63) is 60.7 Å². The number of ether oxygens (including phenoxy) is 1. The van der Waals surface area contributed by atoms with E-state index in [9.17, 15) is 9.59 Å². The highest BCUT2D eigenvalue weighted by Crippen LogP contribution is 2.49. The number of hydrogen-bond acceptors (Lipinski definition) is 5. The van der Waals surface area contributed by atoms with Gasteiger partial charge in [-0.05, 0) is 52.0 Å². The number of nitrogens with zero attached hydrogens (tertiary/aromatic N) is 2. The van der Waals surface area contributed by atoms with Crippen molar-refractivity contribution < 1.29 is 19.2 Å². The monoisotopic (exact) mass is 408 g/mol. The van der Waals surface area contributed by atoms with Crippen molar-refractivity contribution in [3.8, 4) is 5.75 Å². The molecule has 1 spiro atoms. The average Bonchev–Trinajstić information content (AvgIpc) is 2.65. The van der Waals surface area contributed by atoms with Crippen molar-refractivity contribution in [1.82, 2.24) is 5.06 Å². The molecule has 2 amide bonds. The van der Waals surface area contributed by atoms with Crippen LogP contribution in [0.3, 0.4) is 0 Å². The number of para-hydroxylation sites is 2. The standard InChI is InChI=1S/C24H28N2O4/c1-22(2)16-24(17-23(3,4)26(22)30-19-13-9-6-10-14-19)15-20(27)25(21(28)29-24)18-11-7-5-8-12-18/h5-14H,15-17H2,1-4H3. The van der Waals surface area contributed by atoms with E-state index in [1.54, 1.807) is 24.3 Å². The third-order valence-corrected chi connectivity index (χ3v) is 5.77. The van der Waals surface area contributed by atoms with Gasteiger partial charge in [-0.3, -0.25) is 4.79 Å². The van der Waals surface area contributed by atoms with Crippen LogP contribution in [0, 0.1) is 0 Å². The number of carbonyl (C=O) groups is 2. The highest BCUT2D eigenvalue weighted by Gasteiger charge is 2.59. The molecule has 2 aliphatic rings. The maximum absolute atomic E-state index is 13.1. The molecule has 4 rings (SSSR count). The molecule has 0 atom stereocenters. The lowest BCUT2D eigenvalue weighted by molar-refractivity contribution is -0.255. The number of benzene rings is 2. The van der Waals surface area contributed by atoms with E-state index in [2.05, 4.69) is 27.7 Å². The number of hydroxylamine groups is 2. The lowest BCUT2D eigenvalue weighted by atomic mass is 9.70. The van der Waals surface area contributed by atoms with Gasteiger partial charge in [0.05, 0.1) is 23.2 Å². The molecule has 6 nitrogen and oxygen atoms in total. The van der Waals surface area contributed by atoms with Crippen molar-refractivity contribution in [1.29, 1.82) is 0 Å². The van der Waals surface area contributed by atoms with E-state index in [0.29, 0.717) is 18.5 Å². The molecule has 2 aliphatic heterocycles. The van der Waals surface area contributed by atoms with Gasteiger partial charge in [0.25, 0.3) is 0 Å². The zero-order valence-electron chi connectivity index (χ0n) is 17.9. The van der Waals surface area contributed by atoms with Gasteiger partial charge in [-0.15, -0.1) is 5.06 Å². The Kier molecular flexibility index (Phi) is 4.85. The van der Waals surface area contributed by atoms with E-state index < -0.39 is 22.8 Å². The van der Waals surface area contributed by atoms with Gasteiger partial charge in [0.1, 0.15) is 11.4 Å². The lowest BCUT2D eigenvalue weighted by Gasteiger charge is -2.58. The van der Waals surface area contributed by atoms with Crippen molar-refractivity contribution in [3.63, 3.8) is 0 Å². The van der Waals surface area contributed by atoms with Crippen LogP contribution in [0.25, 0.3) is 0 Å². The fourth-order valence-electron chi connectivity index (χ4n) is 5.18. The van der Waals surface area contributed by atoms with Crippen LogP contribution in [0.15, 0.2) is 60.7 Å². The number of anilines is 1. The number of hydrogen-bond donors (Lipinski definition) is 0. The molecule has 0 radical (unpaired) electrons. The van der Waals surface area contributed by atoms with Crippen LogP contribution in [-0.4, -0.2) is 33.7 Å². The second kappa shape index (κ2) is 7.13. The van der Waals surface area contributed by atoms with Gasteiger partial charge in [-0.25, -0.2) is 9.69 Å². The van der Waals surface area contributed by atoms with Crippen LogP contribution < -0.4 is 9.74 Å². The molecule has 6 heteroatoms. The van der Waals surface area contributed by atoms with Crippen molar-refractivity contribution in [2.24, 2.45) is 0 Å². The molecular weight excluding hydrogens is 380 g/mol. The first-order valence-electron chi connectivity index (χ1n) is 10.3.